The molecule has 28 heavy (non-hydrogen) atoms. The van der Waals surface area contributed by atoms with Crippen molar-refractivity contribution < 1.29 is 9.59 Å². The summed E-state index contributed by atoms with van der Waals surface area (Å²) < 4.78 is 0. The van der Waals surface area contributed by atoms with Crippen LogP contribution in [0, 0.1) is 0 Å². The van der Waals surface area contributed by atoms with Crippen LogP contribution in [-0.2, 0) is 22.6 Å². The Morgan fingerprint density at radius 1 is 1.04 bits per heavy atom. The Hall–Kier alpha value is -2.33. The number of benzene rings is 2. The van der Waals surface area contributed by atoms with E-state index < -0.39 is 6.04 Å². The predicted octanol–water partition coefficient (Wildman–Crippen LogP) is 4.61. The number of hydrogen-bond donors (Lipinski definition) is 1. The van der Waals surface area contributed by atoms with E-state index in [2.05, 4.69) is 12.2 Å². The van der Waals surface area contributed by atoms with Crippen molar-refractivity contribution in [3.8, 4) is 0 Å². The van der Waals surface area contributed by atoms with Gasteiger partial charge in [0.2, 0.25) is 11.8 Å². The summed E-state index contributed by atoms with van der Waals surface area (Å²) >= 11 is 6.32. The van der Waals surface area contributed by atoms with Crippen LogP contribution in [0.1, 0.15) is 44.2 Å². The Balaban J connectivity index is 2.24. The quantitative estimate of drug-likeness (QED) is 0.592. The van der Waals surface area contributed by atoms with Gasteiger partial charge in [-0.2, -0.15) is 0 Å². The van der Waals surface area contributed by atoms with Gasteiger partial charge in [-0.1, -0.05) is 80.4 Å². The lowest BCUT2D eigenvalue weighted by Gasteiger charge is -2.31. The molecule has 2 aromatic rings. The van der Waals surface area contributed by atoms with Gasteiger partial charge in [0.1, 0.15) is 6.04 Å². The summed E-state index contributed by atoms with van der Waals surface area (Å²) in [6.45, 7) is 4.94. The molecule has 0 aliphatic rings. The molecule has 150 valence electrons. The first-order valence-corrected chi connectivity index (χ1v) is 10.3. The molecule has 2 aromatic carbocycles. The van der Waals surface area contributed by atoms with E-state index in [9.17, 15) is 9.59 Å². The number of halogens is 1. The van der Waals surface area contributed by atoms with E-state index in [4.69, 9.17) is 11.6 Å². The molecule has 0 saturated carbocycles. The van der Waals surface area contributed by atoms with Crippen LogP contribution in [-0.4, -0.2) is 29.3 Å². The molecule has 0 radical (unpaired) electrons. The van der Waals surface area contributed by atoms with Crippen LogP contribution < -0.4 is 5.32 Å². The van der Waals surface area contributed by atoms with Crippen molar-refractivity contribution in [1.82, 2.24) is 10.2 Å². The molecule has 0 aromatic heterocycles. The summed E-state index contributed by atoms with van der Waals surface area (Å²) in [5, 5.41) is 3.57. The van der Waals surface area contributed by atoms with E-state index in [1.54, 1.807) is 11.0 Å². The first kappa shape index (κ1) is 22.0. The summed E-state index contributed by atoms with van der Waals surface area (Å²) in [7, 11) is 0. The summed E-state index contributed by atoms with van der Waals surface area (Å²) in [5.41, 5.74) is 1.77. The molecule has 0 fully saturated rings. The molecule has 1 N–H and O–H groups in total. The van der Waals surface area contributed by atoms with E-state index in [1.807, 2.05) is 55.5 Å². The van der Waals surface area contributed by atoms with Crippen LogP contribution in [0.5, 0.6) is 0 Å². The molecule has 0 saturated heterocycles. The lowest BCUT2D eigenvalue weighted by Crippen LogP contribution is -2.49. The third-order valence-electron chi connectivity index (χ3n) is 4.71. The number of rotatable bonds is 10. The van der Waals surface area contributed by atoms with Crippen molar-refractivity contribution in [2.24, 2.45) is 0 Å². The van der Waals surface area contributed by atoms with Crippen molar-refractivity contribution >= 4 is 23.4 Å². The van der Waals surface area contributed by atoms with Gasteiger partial charge in [0, 0.05) is 18.1 Å². The Morgan fingerprint density at radius 2 is 1.71 bits per heavy atom. The molecule has 1 atom stereocenters. The second-order valence-corrected chi connectivity index (χ2v) is 7.25. The average molecular weight is 401 g/mol. The van der Waals surface area contributed by atoms with Gasteiger partial charge in [0.25, 0.3) is 0 Å². The Morgan fingerprint density at radius 3 is 2.36 bits per heavy atom. The van der Waals surface area contributed by atoms with Crippen LogP contribution in [0.15, 0.2) is 54.6 Å². The largest absolute Gasteiger partial charge is 0.354 e. The first-order chi connectivity index (χ1) is 13.6. The summed E-state index contributed by atoms with van der Waals surface area (Å²) in [6.07, 6.45) is 2.73. The molecule has 2 amide bonds. The van der Waals surface area contributed by atoms with Gasteiger partial charge in [-0.3, -0.25) is 9.59 Å². The first-order valence-electron chi connectivity index (χ1n) is 9.91. The normalized spacial score (nSPS) is 11.7. The van der Waals surface area contributed by atoms with E-state index in [0.717, 1.165) is 24.0 Å². The van der Waals surface area contributed by atoms with Gasteiger partial charge in [-0.25, -0.2) is 0 Å². The Labute approximate surface area is 172 Å². The maximum Gasteiger partial charge on any atom is 0.242 e. The number of carbonyl (C=O) groups excluding carboxylic acids is 2. The number of unbranched alkanes of at least 4 members (excludes halogenated alkanes) is 1. The lowest BCUT2D eigenvalue weighted by atomic mass is 10.1. The van der Waals surface area contributed by atoms with E-state index >= 15 is 0 Å². The smallest absolute Gasteiger partial charge is 0.242 e. The van der Waals surface area contributed by atoms with E-state index in [1.165, 1.54) is 0 Å². The maximum absolute atomic E-state index is 13.2. The number of carbonyl (C=O) groups is 2. The molecule has 1 unspecified atom stereocenters. The van der Waals surface area contributed by atoms with Gasteiger partial charge >= 0.3 is 0 Å². The molecule has 0 spiro atoms. The van der Waals surface area contributed by atoms with Crippen LogP contribution in [0.25, 0.3) is 0 Å². The molecular weight excluding hydrogens is 372 g/mol. The van der Waals surface area contributed by atoms with Crippen molar-refractivity contribution in [2.75, 3.05) is 6.54 Å². The second kappa shape index (κ2) is 11.5. The number of amides is 2. The molecule has 0 bridgehead atoms. The lowest BCUT2D eigenvalue weighted by molar-refractivity contribution is -0.140. The third-order valence-corrected chi connectivity index (χ3v) is 5.08. The Bertz CT molecular complexity index is 764. The number of hydrogen-bond acceptors (Lipinski definition) is 2. The maximum atomic E-state index is 13.2. The molecule has 4 nitrogen and oxygen atoms in total. The minimum absolute atomic E-state index is 0.0800. The summed E-state index contributed by atoms with van der Waals surface area (Å²) in [6, 6.07) is 16.5. The van der Waals surface area contributed by atoms with Crippen LogP contribution in [0.4, 0.5) is 0 Å². The topological polar surface area (TPSA) is 49.4 Å². The third kappa shape index (κ3) is 6.38. The second-order valence-electron chi connectivity index (χ2n) is 6.84. The van der Waals surface area contributed by atoms with Crippen LogP contribution in [0.2, 0.25) is 5.02 Å². The fourth-order valence-electron chi connectivity index (χ4n) is 3.11. The molecule has 0 aliphatic carbocycles. The molecule has 2 rings (SSSR count). The highest BCUT2D eigenvalue weighted by Crippen LogP contribution is 2.20. The SMILES string of the molecule is CCCCNC(=O)C(CC)N(Cc1ccccc1Cl)C(=O)Cc1ccccc1. The zero-order valence-corrected chi connectivity index (χ0v) is 17.4. The van der Waals surface area contributed by atoms with Gasteiger partial charge in [0.15, 0.2) is 0 Å². The molecule has 0 aliphatic heterocycles. The van der Waals surface area contributed by atoms with Gasteiger partial charge in [-0.05, 0) is 30.0 Å². The summed E-state index contributed by atoms with van der Waals surface area (Å²) in [4.78, 5) is 27.6. The zero-order chi connectivity index (χ0) is 20.4. The van der Waals surface area contributed by atoms with E-state index in [0.29, 0.717) is 24.5 Å². The van der Waals surface area contributed by atoms with Crippen LogP contribution >= 0.6 is 11.6 Å². The van der Waals surface area contributed by atoms with Gasteiger partial charge in [-0.15, -0.1) is 0 Å². The highest BCUT2D eigenvalue weighted by atomic mass is 35.5. The molecule has 0 heterocycles. The fraction of sp³-hybridized carbons (Fsp3) is 0.391. The number of nitrogens with zero attached hydrogens (tertiary/aromatic N) is 1. The molecule has 5 heteroatoms. The van der Waals surface area contributed by atoms with Crippen molar-refractivity contribution in [2.45, 2.75) is 52.1 Å². The van der Waals surface area contributed by atoms with Crippen LogP contribution in [0.3, 0.4) is 0 Å². The standard InChI is InChI=1S/C23H29ClN2O2/c1-3-5-15-25-23(28)21(4-2)26(17-19-13-9-10-14-20(19)24)22(27)16-18-11-7-6-8-12-18/h6-14,21H,3-5,15-17H2,1-2H3,(H,25,28). The fourth-order valence-corrected chi connectivity index (χ4v) is 3.30. The number of nitrogens with one attached hydrogen (secondary N) is 1. The zero-order valence-electron chi connectivity index (χ0n) is 16.7. The van der Waals surface area contributed by atoms with Gasteiger partial charge < -0.3 is 10.2 Å². The highest BCUT2D eigenvalue weighted by Gasteiger charge is 2.28. The average Bonchev–Trinajstić information content (AvgIpc) is 2.70. The predicted molar refractivity (Wildman–Crippen MR) is 114 cm³/mol. The minimum Gasteiger partial charge on any atom is -0.354 e. The van der Waals surface area contributed by atoms with Crippen molar-refractivity contribution in [1.29, 1.82) is 0 Å². The summed E-state index contributed by atoms with van der Waals surface area (Å²) in [5.74, 6) is -0.187. The highest BCUT2D eigenvalue weighted by molar-refractivity contribution is 6.31. The molecular formula is C23H29ClN2O2. The van der Waals surface area contributed by atoms with Crippen molar-refractivity contribution in [3.63, 3.8) is 0 Å². The Kier molecular flexibility index (Phi) is 9.02. The minimum atomic E-state index is -0.524. The monoisotopic (exact) mass is 400 g/mol. The van der Waals surface area contributed by atoms with E-state index in [-0.39, 0.29) is 18.2 Å². The van der Waals surface area contributed by atoms with Crippen molar-refractivity contribution in [3.05, 3.63) is 70.7 Å². The van der Waals surface area contributed by atoms with Gasteiger partial charge in [0.05, 0.1) is 6.42 Å².